The van der Waals surface area contributed by atoms with Gasteiger partial charge in [-0.15, -0.1) is 0 Å². The number of nitrogens with one attached hydrogen (secondary N) is 1. The van der Waals surface area contributed by atoms with Crippen LogP contribution in [0.15, 0.2) is 77.7 Å². The number of para-hydroxylation sites is 2. The normalized spacial score (nSPS) is 15.2. The summed E-state index contributed by atoms with van der Waals surface area (Å²) in [4.78, 5) is 24.9. The van der Waals surface area contributed by atoms with Crippen molar-refractivity contribution >= 4 is 33.3 Å². The van der Waals surface area contributed by atoms with Crippen LogP contribution >= 0.6 is 0 Å². The van der Waals surface area contributed by atoms with Gasteiger partial charge in [-0.25, -0.2) is 13.2 Å². The van der Waals surface area contributed by atoms with Gasteiger partial charge in [0.25, 0.3) is 15.9 Å². The highest BCUT2D eigenvalue weighted by molar-refractivity contribution is 7.92. The van der Waals surface area contributed by atoms with E-state index in [0.29, 0.717) is 11.4 Å². The second-order valence-corrected chi connectivity index (χ2v) is 9.35. The third kappa shape index (κ3) is 4.54. The Morgan fingerprint density at radius 3 is 2.48 bits per heavy atom. The zero-order valence-electron chi connectivity index (χ0n) is 18.0. The average molecular weight is 467 g/mol. The number of sulfonamides is 1. The molecule has 0 bridgehead atoms. The van der Waals surface area contributed by atoms with Gasteiger partial charge < -0.3 is 14.8 Å². The number of amides is 1. The molecule has 1 aliphatic rings. The topological polar surface area (TPSA) is 102 Å². The molecule has 0 aromatic heterocycles. The lowest BCUT2D eigenvalue weighted by atomic mass is 10.2. The van der Waals surface area contributed by atoms with Crippen LogP contribution in [0, 0.1) is 6.92 Å². The highest BCUT2D eigenvalue weighted by Crippen LogP contribution is 2.37. The number of nitrogens with zero attached hydrogens (tertiary/aromatic N) is 1. The van der Waals surface area contributed by atoms with Gasteiger partial charge in [0.1, 0.15) is 5.75 Å². The Labute approximate surface area is 191 Å². The first kappa shape index (κ1) is 22.3. The maximum Gasteiger partial charge on any atom is 0.337 e. The Morgan fingerprint density at radius 2 is 1.76 bits per heavy atom. The quantitative estimate of drug-likeness (QED) is 0.579. The van der Waals surface area contributed by atoms with Crippen LogP contribution in [-0.2, 0) is 19.6 Å². The number of methoxy groups -OCH3 is 1. The summed E-state index contributed by atoms with van der Waals surface area (Å²) in [6, 6.07) is 19.4. The third-order valence-corrected chi connectivity index (χ3v) is 6.98. The zero-order valence-corrected chi connectivity index (χ0v) is 18.8. The van der Waals surface area contributed by atoms with Crippen molar-refractivity contribution in [2.24, 2.45) is 0 Å². The SMILES string of the molecule is COC(=O)c1cccc(NC(=O)[C@H]2CN(S(=O)(=O)c3ccc(C)cc3)c3ccccc3O2)c1. The molecule has 1 N–H and O–H groups in total. The molecule has 3 aromatic rings. The minimum atomic E-state index is -3.94. The Balaban J connectivity index is 1.63. The number of esters is 1. The summed E-state index contributed by atoms with van der Waals surface area (Å²) < 4.78 is 38.6. The Hall–Kier alpha value is -3.85. The summed E-state index contributed by atoms with van der Waals surface area (Å²) in [5.74, 6) is -0.803. The van der Waals surface area contributed by atoms with Gasteiger partial charge in [-0.2, -0.15) is 0 Å². The van der Waals surface area contributed by atoms with E-state index >= 15 is 0 Å². The summed E-state index contributed by atoms with van der Waals surface area (Å²) in [5.41, 5.74) is 1.92. The molecule has 3 aromatic carbocycles. The fourth-order valence-electron chi connectivity index (χ4n) is 3.47. The van der Waals surface area contributed by atoms with Gasteiger partial charge >= 0.3 is 5.97 Å². The predicted molar refractivity (Wildman–Crippen MR) is 123 cm³/mol. The van der Waals surface area contributed by atoms with E-state index < -0.39 is 28.0 Å². The molecule has 1 atom stereocenters. The monoisotopic (exact) mass is 466 g/mol. The molecule has 0 saturated carbocycles. The van der Waals surface area contributed by atoms with Crippen molar-refractivity contribution in [3.8, 4) is 5.75 Å². The number of carbonyl (C=O) groups is 2. The van der Waals surface area contributed by atoms with Crippen LogP contribution in [0.1, 0.15) is 15.9 Å². The number of carbonyl (C=O) groups excluding carboxylic acids is 2. The van der Waals surface area contributed by atoms with Crippen LogP contribution in [0.25, 0.3) is 0 Å². The third-order valence-electron chi connectivity index (χ3n) is 5.19. The summed E-state index contributed by atoms with van der Waals surface area (Å²) in [6.07, 6.45) is -1.11. The smallest absolute Gasteiger partial charge is 0.337 e. The minimum absolute atomic E-state index is 0.120. The van der Waals surface area contributed by atoms with E-state index in [1.54, 1.807) is 54.6 Å². The maximum absolute atomic E-state index is 13.4. The van der Waals surface area contributed by atoms with Crippen LogP contribution in [-0.4, -0.2) is 40.1 Å². The van der Waals surface area contributed by atoms with E-state index in [0.717, 1.165) is 5.56 Å². The molecule has 8 nitrogen and oxygen atoms in total. The van der Waals surface area contributed by atoms with Crippen molar-refractivity contribution in [2.45, 2.75) is 17.9 Å². The van der Waals surface area contributed by atoms with Crippen LogP contribution < -0.4 is 14.4 Å². The summed E-state index contributed by atoms with van der Waals surface area (Å²) in [5, 5.41) is 2.69. The lowest BCUT2D eigenvalue weighted by Crippen LogP contribution is -2.48. The van der Waals surface area contributed by atoms with E-state index in [1.807, 2.05) is 6.92 Å². The molecule has 0 saturated heterocycles. The van der Waals surface area contributed by atoms with Gasteiger partial charge in [-0.1, -0.05) is 35.9 Å². The lowest BCUT2D eigenvalue weighted by Gasteiger charge is -2.34. The molecule has 4 rings (SSSR count). The van der Waals surface area contributed by atoms with Crippen LogP contribution in [0.5, 0.6) is 5.75 Å². The molecule has 0 fully saturated rings. The Bertz CT molecular complexity index is 1300. The molecule has 0 aliphatic carbocycles. The van der Waals surface area contributed by atoms with Crippen LogP contribution in [0.3, 0.4) is 0 Å². The van der Waals surface area contributed by atoms with Crippen molar-refractivity contribution < 1.29 is 27.5 Å². The highest BCUT2D eigenvalue weighted by atomic mass is 32.2. The largest absolute Gasteiger partial charge is 0.476 e. The highest BCUT2D eigenvalue weighted by Gasteiger charge is 2.37. The zero-order chi connectivity index (χ0) is 23.6. The molecule has 0 radical (unpaired) electrons. The number of aryl methyl sites for hydroxylation is 1. The molecule has 33 heavy (non-hydrogen) atoms. The fourth-order valence-corrected chi connectivity index (χ4v) is 4.94. The Kier molecular flexibility index (Phi) is 6.06. The van der Waals surface area contributed by atoms with E-state index in [2.05, 4.69) is 5.32 Å². The van der Waals surface area contributed by atoms with E-state index in [1.165, 1.54) is 29.6 Å². The fraction of sp³-hybridized carbons (Fsp3) is 0.167. The molecular formula is C24H22N2O6S. The molecule has 170 valence electrons. The van der Waals surface area contributed by atoms with Gasteiger partial charge in [0.05, 0.1) is 29.8 Å². The second kappa shape index (κ2) is 8.95. The minimum Gasteiger partial charge on any atom is -0.476 e. The molecule has 0 unspecified atom stereocenters. The standard InChI is InChI=1S/C24H22N2O6S/c1-16-10-12-19(13-11-16)33(29,30)26-15-22(32-21-9-4-3-8-20(21)26)23(27)25-18-7-5-6-17(14-18)24(28)31-2/h3-14,22H,15H2,1-2H3,(H,25,27)/t22-/m1/s1. The number of hydrogen-bond acceptors (Lipinski definition) is 6. The van der Waals surface area contributed by atoms with Crippen molar-refractivity contribution in [1.29, 1.82) is 0 Å². The predicted octanol–water partition coefficient (Wildman–Crippen LogP) is 3.38. The van der Waals surface area contributed by atoms with Crippen molar-refractivity contribution in [1.82, 2.24) is 0 Å². The van der Waals surface area contributed by atoms with Gasteiger partial charge in [0, 0.05) is 5.69 Å². The second-order valence-electron chi connectivity index (χ2n) is 7.49. The molecular weight excluding hydrogens is 444 g/mol. The average Bonchev–Trinajstić information content (AvgIpc) is 2.83. The number of rotatable bonds is 5. The van der Waals surface area contributed by atoms with Gasteiger partial charge in [0.15, 0.2) is 6.10 Å². The van der Waals surface area contributed by atoms with Gasteiger partial charge in [0.2, 0.25) is 0 Å². The Morgan fingerprint density at radius 1 is 1.03 bits per heavy atom. The van der Waals surface area contributed by atoms with Crippen LogP contribution in [0.4, 0.5) is 11.4 Å². The van der Waals surface area contributed by atoms with E-state index in [9.17, 15) is 18.0 Å². The molecule has 1 amide bonds. The van der Waals surface area contributed by atoms with E-state index in [-0.39, 0.29) is 22.8 Å². The van der Waals surface area contributed by atoms with Crippen molar-refractivity contribution in [2.75, 3.05) is 23.3 Å². The number of anilines is 2. The number of ether oxygens (including phenoxy) is 2. The lowest BCUT2D eigenvalue weighted by molar-refractivity contribution is -0.122. The number of benzene rings is 3. The van der Waals surface area contributed by atoms with Crippen molar-refractivity contribution in [3.63, 3.8) is 0 Å². The first-order chi connectivity index (χ1) is 15.8. The summed E-state index contributed by atoms with van der Waals surface area (Å²) in [7, 11) is -2.67. The first-order valence-corrected chi connectivity index (χ1v) is 11.6. The van der Waals surface area contributed by atoms with E-state index in [4.69, 9.17) is 9.47 Å². The molecule has 9 heteroatoms. The summed E-state index contributed by atoms with van der Waals surface area (Å²) >= 11 is 0. The number of fused-ring (bicyclic) bond motifs is 1. The first-order valence-electron chi connectivity index (χ1n) is 10.1. The van der Waals surface area contributed by atoms with Crippen LogP contribution in [0.2, 0.25) is 0 Å². The molecule has 0 spiro atoms. The van der Waals surface area contributed by atoms with Gasteiger partial charge in [-0.05, 0) is 49.4 Å². The molecule has 1 heterocycles. The van der Waals surface area contributed by atoms with Crippen molar-refractivity contribution in [3.05, 3.63) is 83.9 Å². The number of hydrogen-bond donors (Lipinski definition) is 1. The maximum atomic E-state index is 13.4. The van der Waals surface area contributed by atoms with Gasteiger partial charge in [-0.3, -0.25) is 9.10 Å². The molecule has 1 aliphatic heterocycles. The summed E-state index contributed by atoms with van der Waals surface area (Å²) in [6.45, 7) is 1.66.